The minimum atomic E-state index is -0.796. The topological polar surface area (TPSA) is 139 Å². The van der Waals surface area contributed by atoms with Crippen LogP contribution in [0.2, 0.25) is 0 Å². The van der Waals surface area contributed by atoms with Gasteiger partial charge in [0, 0.05) is 15.3 Å². The molecule has 12 heteroatoms. The van der Waals surface area contributed by atoms with Crippen LogP contribution in [0.15, 0.2) is 41.3 Å². The van der Waals surface area contributed by atoms with E-state index in [1.165, 1.54) is 19.3 Å². The molecule has 0 saturated carbocycles. The molecular weight excluding hydrogens is 541 g/mol. The van der Waals surface area contributed by atoms with Crippen molar-refractivity contribution in [1.82, 2.24) is 4.90 Å². The number of phenols is 1. The zero-order valence-corrected chi connectivity index (χ0v) is 18.8. The molecule has 0 atom stereocenters. The number of nitrogens with zero attached hydrogens (tertiary/aromatic N) is 2. The van der Waals surface area contributed by atoms with Gasteiger partial charge in [-0.25, -0.2) is 0 Å². The first-order valence-corrected chi connectivity index (χ1v) is 10.4. The highest BCUT2D eigenvalue weighted by Gasteiger charge is 2.36. The normalized spacial score (nSPS) is 14.8. The first-order valence-electron chi connectivity index (χ1n) is 8.55. The average molecular weight is 555 g/mol. The summed E-state index contributed by atoms with van der Waals surface area (Å²) in [6.45, 7) is -0.479. The molecule has 10 nitrogen and oxygen atoms in total. The average Bonchev–Trinajstić information content (AvgIpc) is 2.98. The Hall–Kier alpha value is -3.13. The smallest absolute Gasteiger partial charge is 0.315 e. The van der Waals surface area contributed by atoms with Crippen LogP contribution in [0.3, 0.4) is 0 Å². The number of amides is 3. The Bertz CT molecular complexity index is 1120. The number of methoxy groups -OCH3 is 1. The van der Waals surface area contributed by atoms with Gasteiger partial charge in [-0.15, -0.1) is 0 Å². The molecule has 2 N–H and O–H groups in total. The first kappa shape index (κ1) is 22.6. The monoisotopic (exact) mass is 555 g/mol. The number of halogens is 1. The molecule has 2 aromatic rings. The van der Waals surface area contributed by atoms with E-state index in [2.05, 4.69) is 27.9 Å². The van der Waals surface area contributed by atoms with Crippen molar-refractivity contribution in [2.45, 2.75) is 0 Å². The number of ether oxygens (including phenoxy) is 1. The van der Waals surface area contributed by atoms with Gasteiger partial charge in [0.2, 0.25) is 11.7 Å². The summed E-state index contributed by atoms with van der Waals surface area (Å²) in [5.74, 6) is -2.06. The molecular formula is C19H14IN3O7S. The van der Waals surface area contributed by atoms with E-state index in [0.717, 1.165) is 14.5 Å². The fourth-order valence-corrected chi connectivity index (χ4v) is 3.85. The Morgan fingerprint density at radius 3 is 2.61 bits per heavy atom. The molecule has 1 heterocycles. The molecule has 0 radical (unpaired) electrons. The van der Waals surface area contributed by atoms with Crippen molar-refractivity contribution >= 4 is 68.9 Å². The molecule has 0 aliphatic carbocycles. The van der Waals surface area contributed by atoms with E-state index in [-0.39, 0.29) is 16.2 Å². The fraction of sp³-hybridized carbons (Fsp3) is 0.105. The van der Waals surface area contributed by atoms with Crippen molar-refractivity contribution in [1.29, 1.82) is 0 Å². The van der Waals surface area contributed by atoms with E-state index < -0.39 is 40.0 Å². The third kappa shape index (κ3) is 5.14. The highest BCUT2D eigenvalue weighted by molar-refractivity contribution is 14.1. The highest BCUT2D eigenvalue weighted by atomic mass is 127. The maximum atomic E-state index is 12.6. The Morgan fingerprint density at radius 2 is 2.00 bits per heavy atom. The number of thioether (sulfide) groups is 1. The summed E-state index contributed by atoms with van der Waals surface area (Å²) in [4.78, 5) is 48.2. The summed E-state index contributed by atoms with van der Waals surface area (Å²) in [6.07, 6.45) is 1.26. The molecule has 160 valence electrons. The van der Waals surface area contributed by atoms with E-state index in [4.69, 9.17) is 4.74 Å². The molecule has 1 aliphatic heterocycles. The molecule has 2 aromatic carbocycles. The van der Waals surface area contributed by atoms with Crippen molar-refractivity contribution in [2.75, 3.05) is 19.0 Å². The van der Waals surface area contributed by atoms with Crippen LogP contribution in [0.5, 0.6) is 11.5 Å². The lowest BCUT2D eigenvalue weighted by Crippen LogP contribution is -2.36. The van der Waals surface area contributed by atoms with E-state index in [9.17, 15) is 29.6 Å². The van der Waals surface area contributed by atoms with E-state index in [0.29, 0.717) is 17.4 Å². The predicted molar refractivity (Wildman–Crippen MR) is 122 cm³/mol. The van der Waals surface area contributed by atoms with Gasteiger partial charge in [0.15, 0.2) is 5.75 Å². The highest BCUT2D eigenvalue weighted by Crippen LogP contribution is 2.39. The summed E-state index contributed by atoms with van der Waals surface area (Å²) in [5, 5.41) is 22.9. The lowest BCUT2D eigenvalue weighted by Gasteiger charge is -2.12. The number of carbonyl (C=O) groups excluding carboxylic acids is 3. The van der Waals surface area contributed by atoms with Crippen molar-refractivity contribution in [3.8, 4) is 11.5 Å². The molecule has 0 unspecified atom stereocenters. The molecule has 0 aromatic heterocycles. The van der Waals surface area contributed by atoms with Gasteiger partial charge in [-0.1, -0.05) is 0 Å². The maximum absolute atomic E-state index is 12.6. The SMILES string of the molecule is COc1cc(/C=C2/SC(=O)N(CC(=O)Nc3ccc(I)cc3)C2=O)cc([N+](=O)[O-])c1O. The number of hydrogen-bond acceptors (Lipinski definition) is 8. The van der Waals surface area contributed by atoms with E-state index >= 15 is 0 Å². The number of carbonyl (C=O) groups is 3. The van der Waals surface area contributed by atoms with Crippen molar-refractivity contribution in [2.24, 2.45) is 0 Å². The number of nitro groups is 1. The summed E-state index contributed by atoms with van der Waals surface area (Å²) in [6, 6.07) is 9.32. The summed E-state index contributed by atoms with van der Waals surface area (Å²) < 4.78 is 5.90. The second-order valence-corrected chi connectivity index (χ2v) is 8.41. The number of imide groups is 1. The van der Waals surface area contributed by atoms with Crippen LogP contribution in [-0.2, 0) is 9.59 Å². The number of anilines is 1. The second kappa shape index (κ2) is 9.34. The number of benzene rings is 2. The van der Waals surface area contributed by atoms with Gasteiger partial charge in [-0.05, 0) is 76.3 Å². The summed E-state index contributed by atoms with van der Waals surface area (Å²) in [5.41, 5.74) is 0.0911. The molecule has 0 bridgehead atoms. The van der Waals surface area contributed by atoms with Crippen LogP contribution in [0.25, 0.3) is 6.08 Å². The van der Waals surface area contributed by atoms with Gasteiger partial charge in [-0.3, -0.25) is 29.4 Å². The zero-order chi connectivity index (χ0) is 22.7. The van der Waals surface area contributed by atoms with Gasteiger partial charge < -0.3 is 15.2 Å². The van der Waals surface area contributed by atoms with Gasteiger partial charge >= 0.3 is 5.69 Å². The van der Waals surface area contributed by atoms with Gasteiger partial charge in [0.05, 0.1) is 16.9 Å². The third-order valence-corrected chi connectivity index (χ3v) is 5.72. The Morgan fingerprint density at radius 1 is 1.32 bits per heavy atom. The van der Waals surface area contributed by atoms with E-state index in [1.807, 2.05) is 0 Å². The maximum Gasteiger partial charge on any atom is 0.315 e. The number of phenolic OH excluding ortho intramolecular Hbond substituents is 1. The molecule has 31 heavy (non-hydrogen) atoms. The number of nitro benzene ring substituents is 1. The van der Waals surface area contributed by atoms with Crippen LogP contribution < -0.4 is 10.1 Å². The minimum absolute atomic E-state index is 0.0193. The predicted octanol–water partition coefficient (Wildman–Crippen LogP) is 3.59. The van der Waals surface area contributed by atoms with Crippen molar-refractivity contribution in [3.05, 3.63) is 60.6 Å². The van der Waals surface area contributed by atoms with Crippen LogP contribution in [0, 0.1) is 13.7 Å². The Labute approximate surface area is 193 Å². The molecule has 1 saturated heterocycles. The standard InChI is InChI=1S/C19H14IN3O7S/c1-30-14-7-10(6-13(17(14)25)23(28)29)8-15-18(26)22(19(27)31-15)9-16(24)21-12-4-2-11(20)3-5-12/h2-8,25H,9H2,1H3,(H,21,24)/b15-8+. The molecule has 1 aliphatic rings. The minimum Gasteiger partial charge on any atom is -0.500 e. The summed E-state index contributed by atoms with van der Waals surface area (Å²) >= 11 is 2.72. The largest absolute Gasteiger partial charge is 0.500 e. The number of hydrogen-bond donors (Lipinski definition) is 2. The Balaban J connectivity index is 1.79. The molecule has 0 spiro atoms. The lowest BCUT2D eigenvalue weighted by atomic mass is 10.1. The third-order valence-electron chi connectivity index (χ3n) is 4.09. The second-order valence-electron chi connectivity index (χ2n) is 6.17. The number of nitrogens with one attached hydrogen (secondary N) is 1. The van der Waals surface area contributed by atoms with Gasteiger partial charge in [-0.2, -0.15) is 0 Å². The number of aromatic hydroxyl groups is 1. The Kier molecular flexibility index (Phi) is 6.80. The van der Waals surface area contributed by atoms with Crippen LogP contribution >= 0.6 is 34.4 Å². The zero-order valence-electron chi connectivity index (χ0n) is 15.8. The molecule has 3 rings (SSSR count). The molecule has 3 amide bonds. The number of rotatable bonds is 6. The van der Waals surface area contributed by atoms with Gasteiger partial charge in [0.1, 0.15) is 6.54 Å². The molecule has 1 fully saturated rings. The van der Waals surface area contributed by atoms with Crippen LogP contribution in [0.1, 0.15) is 5.56 Å². The lowest BCUT2D eigenvalue weighted by molar-refractivity contribution is -0.386. The van der Waals surface area contributed by atoms with Crippen molar-refractivity contribution in [3.63, 3.8) is 0 Å². The van der Waals surface area contributed by atoms with Crippen LogP contribution in [-0.4, -0.2) is 45.6 Å². The van der Waals surface area contributed by atoms with E-state index in [1.54, 1.807) is 24.3 Å². The van der Waals surface area contributed by atoms with Gasteiger partial charge in [0.25, 0.3) is 11.1 Å². The quantitative estimate of drug-likeness (QED) is 0.239. The summed E-state index contributed by atoms with van der Waals surface area (Å²) in [7, 11) is 1.22. The fourth-order valence-electron chi connectivity index (χ4n) is 2.66. The van der Waals surface area contributed by atoms with Crippen LogP contribution in [0.4, 0.5) is 16.2 Å². The first-order chi connectivity index (χ1) is 14.7. The van der Waals surface area contributed by atoms with Crippen molar-refractivity contribution < 1.29 is 29.2 Å².